The van der Waals surface area contributed by atoms with Gasteiger partial charge in [0.2, 0.25) is 11.8 Å². The minimum atomic E-state index is 0. The van der Waals surface area contributed by atoms with Crippen molar-refractivity contribution in [2.45, 2.75) is 19.3 Å². The van der Waals surface area contributed by atoms with Crippen LogP contribution < -0.4 is 20.3 Å². The molecule has 126 valence electrons. The van der Waals surface area contributed by atoms with Crippen LogP contribution in [0.2, 0.25) is 0 Å². The van der Waals surface area contributed by atoms with Crippen LogP contribution in [0.25, 0.3) is 0 Å². The molecule has 2 N–H and O–H groups in total. The maximum atomic E-state index is 12.2. The van der Waals surface area contributed by atoms with Crippen molar-refractivity contribution in [2.75, 3.05) is 37.0 Å². The summed E-state index contributed by atoms with van der Waals surface area (Å²) in [6.45, 7) is 2.33. The van der Waals surface area contributed by atoms with Gasteiger partial charge in [0.1, 0.15) is 5.75 Å². The standard InChI is InChI=1S/C16H21N3O3.ClH/c1-22-14-9-12(18-16(21)11-6-7-17-10-11)4-5-13(14)19-8-2-3-15(19)20;/h4-5,9,11,17H,2-3,6-8,10H2,1H3,(H,18,21);1H. The number of hydrogen-bond donors (Lipinski definition) is 2. The molecule has 1 aromatic carbocycles. The normalized spacial score (nSPS) is 20.3. The summed E-state index contributed by atoms with van der Waals surface area (Å²) in [4.78, 5) is 25.8. The molecule has 0 radical (unpaired) electrons. The van der Waals surface area contributed by atoms with Gasteiger partial charge in [-0.2, -0.15) is 0 Å². The van der Waals surface area contributed by atoms with E-state index < -0.39 is 0 Å². The van der Waals surface area contributed by atoms with Crippen LogP contribution in [0.3, 0.4) is 0 Å². The van der Waals surface area contributed by atoms with Gasteiger partial charge in [0.25, 0.3) is 0 Å². The topological polar surface area (TPSA) is 70.7 Å². The third-order valence-electron chi connectivity index (χ3n) is 4.24. The maximum Gasteiger partial charge on any atom is 0.228 e. The van der Waals surface area contributed by atoms with E-state index in [1.807, 2.05) is 12.1 Å². The molecule has 0 spiro atoms. The summed E-state index contributed by atoms with van der Waals surface area (Å²) < 4.78 is 5.40. The van der Waals surface area contributed by atoms with Crippen molar-refractivity contribution in [1.82, 2.24) is 5.32 Å². The molecule has 2 amide bonds. The second-order valence-electron chi connectivity index (χ2n) is 5.71. The van der Waals surface area contributed by atoms with Crippen LogP contribution in [0.5, 0.6) is 5.75 Å². The molecular weight excluding hydrogens is 318 g/mol. The Balaban J connectivity index is 0.00000192. The van der Waals surface area contributed by atoms with Crippen LogP contribution >= 0.6 is 12.4 Å². The number of nitrogens with one attached hydrogen (secondary N) is 2. The van der Waals surface area contributed by atoms with Gasteiger partial charge in [-0.1, -0.05) is 0 Å². The van der Waals surface area contributed by atoms with Gasteiger partial charge >= 0.3 is 0 Å². The van der Waals surface area contributed by atoms with Crippen molar-refractivity contribution >= 4 is 35.6 Å². The number of carbonyl (C=O) groups excluding carboxylic acids is 2. The fourth-order valence-corrected chi connectivity index (χ4v) is 3.00. The molecular formula is C16H22ClN3O3. The Morgan fingerprint density at radius 2 is 2.26 bits per heavy atom. The van der Waals surface area contributed by atoms with Gasteiger partial charge in [0.15, 0.2) is 0 Å². The Kier molecular flexibility index (Phi) is 5.85. The van der Waals surface area contributed by atoms with E-state index in [1.165, 1.54) is 0 Å². The molecule has 6 nitrogen and oxygen atoms in total. The average molecular weight is 340 g/mol. The number of benzene rings is 1. The lowest BCUT2D eigenvalue weighted by molar-refractivity contribution is -0.119. The van der Waals surface area contributed by atoms with E-state index >= 15 is 0 Å². The monoisotopic (exact) mass is 339 g/mol. The number of anilines is 2. The first-order valence-corrected chi connectivity index (χ1v) is 7.69. The van der Waals surface area contributed by atoms with E-state index in [-0.39, 0.29) is 30.1 Å². The number of amides is 2. The largest absolute Gasteiger partial charge is 0.494 e. The fourth-order valence-electron chi connectivity index (χ4n) is 3.00. The van der Waals surface area contributed by atoms with Crippen molar-refractivity contribution in [3.63, 3.8) is 0 Å². The first-order valence-electron chi connectivity index (χ1n) is 7.69. The Morgan fingerprint density at radius 3 is 2.87 bits per heavy atom. The minimum Gasteiger partial charge on any atom is -0.494 e. The van der Waals surface area contributed by atoms with Gasteiger partial charge in [-0.05, 0) is 31.5 Å². The van der Waals surface area contributed by atoms with Crippen LogP contribution in [-0.2, 0) is 9.59 Å². The second kappa shape index (κ2) is 7.66. The smallest absolute Gasteiger partial charge is 0.228 e. The summed E-state index contributed by atoms with van der Waals surface area (Å²) in [5.41, 5.74) is 1.47. The Labute approximate surface area is 142 Å². The lowest BCUT2D eigenvalue weighted by atomic mass is 10.1. The predicted molar refractivity (Wildman–Crippen MR) is 91.4 cm³/mol. The maximum absolute atomic E-state index is 12.2. The van der Waals surface area contributed by atoms with Crippen LogP contribution in [-0.4, -0.2) is 38.6 Å². The molecule has 0 aromatic heterocycles. The van der Waals surface area contributed by atoms with Crippen molar-refractivity contribution in [1.29, 1.82) is 0 Å². The number of methoxy groups -OCH3 is 1. The summed E-state index contributed by atoms with van der Waals surface area (Å²) in [6.07, 6.45) is 2.31. The lowest BCUT2D eigenvalue weighted by Crippen LogP contribution is -2.25. The van der Waals surface area contributed by atoms with Crippen LogP contribution in [0.1, 0.15) is 19.3 Å². The molecule has 1 atom stereocenters. The first kappa shape index (κ1) is 17.6. The van der Waals surface area contributed by atoms with Crippen LogP contribution in [0, 0.1) is 5.92 Å². The quantitative estimate of drug-likeness (QED) is 0.877. The first-order chi connectivity index (χ1) is 10.7. The molecule has 1 aromatic rings. The molecule has 2 aliphatic heterocycles. The molecule has 0 saturated carbocycles. The zero-order chi connectivity index (χ0) is 15.5. The number of nitrogens with zero attached hydrogens (tertiary/aromatic N) is 1. The summed E-state index contributed by atoms with van der Waals surface area (Å²) in [6, 6.07) is 5.44. The predicted octanol–water partition coefficient (Wildman–Crippen LogP) is 1.79. The highest BCUT2D eigenvalue weighted by atomic mass is 35.5. The highest BCUT2D eigenvalue weighted by molar-refractivity contribution is 5.98. The number of ether oxygens (including phenoxy) is 1. The molecule has 0 aliphatic carbocycles. The minimum absolute atomic E-state index is 0. The Morgan fingerprint density at radius 1 is 1.43 bits per heavy atom. The third-order valence-corrected chi connectivity index (χ3v) is 4.24. The van der Waals surface area contributed by atoms with Crippen molar-refractivity contribution in [2.24, 2.45) is 5.92 Å². The van der Waals surface area contributed by atoms with E-state index in [2.05, 4.69) is 10.6 Å². The molecule has 0 bridgehead atoms. The molecule has 2 aliphatic rings. The van der Waals surface area contributed by atoms with Gasteiger partial charge in [0, 0.05) is 31.3 Å². The summed E-state index contributed by atoms with van der Waals surface area (Å²) in [5, 5.41) is 6.11. The van der Waals surface area contributed by atoms with Gasteiger partial charge in [-0.3, -0.25) is 9.59 Å². The highest BCUT2D eigenvalue weighted by Gasteiger charge is 2.25. The number of carbonyl (C=O) groups is 2. The number of rotatable bonds is 4. The van der Waals surface area contributed by atoms with Crippen molar-refractivity contribution in [3.05, 3.63) is 18.2 Å². The zero-order valence-electron chi connectivity index (χ0n) is 13.1. The summed E-state index contributed by atoms with van der Waals surface area (Å²) in [5.74, 6) is 0.771. The van der Waals surface area contributed by atoms with E-state index in [0.29, 0.717) is 24.4 Å². The lowest BCUT2D eigenvalue weighted by Gasteiger charge is -2.20. The fraction of sp³-hybridized carbons (Fsp3) is 0.500. The SMILES string of the molecule is COc1cc(NC(=O)C2CCNC2)ccc1N1CCCC1=O.Cl. The molecule has 2 fully saturated rings. The molecule has 23 heavy (non-hydrogen) atoms. The molecule has 1 unspecified atom stereocenters. The Hall–Kier alpha value is -1.79. The average Bonchev–Trinajstić information content (AvgIpc) is 3.18. The molecule has 7 heteroatoms. The van der Waals surface area contributed by atoms with Crippen molar-refractivity contribution in [3.8, 4) is 5.75 Å². The molecule has 2 saturated heterocycles. The molecule has 3 rings (SSSR count). The van der Waals surface area contributed by atoms with Crippen LogP contribution in [0.4, 0.5) is 11.4 Å². The molecule has 2 heterocycles. The summed E-state index contributed by atoms with van der Waals surface area (Å²) >= 11 is 0. The zero-order valence-corrected chi connectivity index (χ0v) is 13.9. The summed E-state index contributed by atoms with van der Waals surface area (Å²) in [7, 11) is 1.58. The van der Waals surface area contributed by atoms with E-state index in [0.717, 1.165) is 31.6 Å². The van der Waals surface area contributed by atoms with Gasteiger partial charge in [0.05, 0.1) is 18.7 Å². The van der Waals surface area contributed by atoms with E-state index in [4.69, 9.17) is 4.74 Å². The number of halogens is 1. The highest BCUT2D eigenvalue weighted by Crippen LogP contribution is 2.34. The van der Waals surface area contributed by atoms with Crippen molar-refractivity contribution < 1.29 is 14.3 Å². The van der Waals surface area contributed by atoms with Gasteiger partial charge in [-0.25, -0.2) is 0 Å². The third kappa shape index (κ3) is 3.76. The van der Waals surface area contributed by atoms with Gasteiger partial charge < -0.3 is 20.3 Å². The van der Waals surface area contributed by atoms with Gasteiger partial charge in [-0.15, -0.1) is 12.4 Å². The van der Waals surface area contributed by atoms with Crippen LogP contribution in [0.15, 0.2) is 18.2 Å². The Bertz CT molecular complexity index is 588. The van der Waals surface area contributed by atoms with E-state index in [1.54, 1.807) is 18.1 Å². The van der Waals surface area contributed by atoms with E-state index in [9.17, 15) is 9.59 Å². The number of hydrogen-bond acceptors (Lipinski definition) is 4. The second-order valence-corrected chi connectivity index (χ2v) is 5.71.